The van der Waals surface area contributed by atoms with Crippen LogP contribution in [0.25, 0.3) is 0 Å². The summed E-state index contributed by atoms with van der Waals surface area (Å²) in [5.74, 6) is -0.173. The number of methoxy groups -OCH3 is 1. The van der Waals surface area contributed by atoms with Crippen LogP contribution in [0, 0.1) is 5.92 Å². The molecule has 0 spiro atoms. The fraction of sp³-hybridized carbons (Fsp3) is 0.727. The van der Waals surface area contributed by atoms with E-state index in [2.05, 4.69) is 0 Å². The first-order valence-corrected chi connectivity index (χ1v) is 5.07. The molecule has 4 heteroatoms. The summed E-state index contributed by atoms with van der Waals surface area (Å²) in [6, 6.07) is 0. The first-order valence-electron chi connectivity index (χ1n) is 5.07. The second-order valence-electron chi connectivity index (χ2n) is 3.25. The quantitative estimate of drug-likeness (QED) is 0.369. The molecule has 0 aromatic carbocycles. The third-order valence-electron chi connectivity index (χ3n) is 2.01. The highest BCUT2D eigenvalue weighted by Gasteiger charge is 2.09. The SMILES string of the molecule is CCOC(=O)/C=C/[C@H](C)[C@@H](C)OCOC. The summed E-state index contributed by atoms with van der Waals surface area (Å²) in [5, 5.41) is 0. The van der Waals surface area contributed by atoms with Gasteiger partial charge < -0.3 is 14.2 Å². The Kier molecular flexibility index (Phi) is 7.95. The zero-order chi connectivity index (χ0) is 11.7. The van der Waals surface area contributed by atoms with E-state index in [0.717, 1.165) is 0 Å². The molecule has 0 amide bonds. The van der Waals surface area contributed by atoms with Crippen molar-refractivity contribution in [2.75, 3.05) is 20.5 Å². The van der Waals surface area contributed by atoms with Gasteiger partial charge in [0.05, 0.1) is 12.7 Å². The zero-order valence-electron chi connectivity index (χ0n) is 9.86. The van der Waals surface area contributed by atoms with Crippen molar-refractivity contribution in [3.8, 4) is 0 Å². The number of carbonyl (C=O) groups is 1. The molecule has 0 unspecified atom stereocenters. The van der Waals surface area contributed by atoms with Crippen molar-refractivity contribution in [2.24, 2.45) is 5.92 Å². The molecule has 0 fully saturated rings. The monoisotopic (exact) mass is 216 g/mol. The lowest BCUT2D eigenvalue weighted by Crippen LogP contribution is -2.18. The molecular weight excluding hydrogens is 196 g/mol. The number of hydrogen-bond acceptors (Lipinski definition) is 4. The summed E-state index contributed by atoms with van der Waals surface area (Å²) in [6.07, 6.45) is 3.22. The van der Waals surface area contributed by atoms with Crippen LogP contribution >= 0.6 is 0 Å². The second-order valence-corrected chi connectivity index (χ2v) is 3.25. The predicted molar refractivity (Wildman–Crippen MR) is 57.4 cm³/mol. The van der Waals surface area contributed by atoms with Crippen LogP contribution in [0.1, 0.15) is 20.8 Å². The van der Waals surface area contributed by atoms with E-state index >= 15 is 0 Å². The van der Waals surface area contributed by atoms with Gasteiger partial charge in [-0.25, -0.2) is 4.79 Å². The Morgan fingerprint density at radius 3 is 2.60 bits per heavy atom. The van der Waals surface area contributed by atoms with E-state index in [4.69, 9.17) is 14.2 Å². The van der Waals surface area contributed by atoms with Crippen molar-refractivity contribution in [3.63, 3.8) is 0 Å². The van der Waals surface area contributed by atoms with E-state index in [1.54, 1.807) is 20.1 Å². The van der Waals surface area contributed by atoms with Gasteiger partial charge in [-0.15, -0.1) is 0 Å². The lowest BCUT2D eigenvalue weighted by molar-refractivity contribution is -0.137. The van der Waals surface area contributed by atoms with Crippen molar-refractivity contribution in [1.82, 2.24) is 0 Å². The molecule has 0 aliphatic carbocycles. The molecule has 0 aliphatic heterocycles. The highest BCUT2D eigenvalue weighted by molar-refractivity contribution is 5.81. The van der Waals surface area contributed by atoms with Crippen molar-refractivity contribution < 1.29 is 19.0 Å². The first-order chi connectivity index (χ1) is 7.11. The molecule has 88 valence electrons. The standard InChI is InChI=1S/C11H20O4/c1-5-14-11(12)7-6-9(2)10(3)15-8-13-4/h6-7,9-10H,5,8H2,1-4H3/b7-6+/t9-,10+/m0/s1. The van der Waals surface area contributed by atoms with Gasteiger partial charge in [0.25, 0.3) is 0 Å². The lowest BCUT2D eigenvalue weighted by atomic mass is 10.1. The Hall–Kier alpha value is -0.870. The average Bonchev–Trinajstić information content (AvgIpc) is 2.22. The fourth-order valence-corrected chi connectivity index (χ4v) is 0.904. The lowest BCUT2D eigenvalue weighted by Gasteiger charge is -2.16. The summed E-state index contributed by atoms with van der Waals surface area (Å²) in [5.41, 5.74) is 0. The highest BCUT2D eigenvalue weighted by Crippen LogP contribution is 2.08. The third kappa shape index (κ3) is 7.11. The number of ether oxygens (including phenoxy) is 3. The second kappa shape index (κ2) is 8.44. The first kappa shape index (κ1) is 14.1. The summed E-state index contributed by atoms with van der Waals surface area (Å²) in [7, 11) is 1.58. The molecule has 15 heavy (non-hydrogen) atoms. The van der Waals surface area contributed by atoms with Crippen molar-refractivity contribution in [2.45, 2.75) is 26.9 Å². The largest absolute Gasteiger partial charge is 0.463 e. The zero-order valence-corrected chi connectivity index (χ0v) is 9.86. The Morgan fingerprint density at radius 2 is 2.07 bits per heavy atom. The molecule has 0 saturated carbocycles. The van der Waals surface area contributed by atoms with Crippen LogP contribution in [-0.2, 0) is 19.0 Å². The Balaban J connectivity index is 3.88. The van der Waals surface area contributed by atoms with Gasteiger partial charge in [0.15, 0.2) is 0 Å². The molecule has 0 aromatic heterocycles. The minimum absolute atomic E-state index is 0.00984. The van der Waals surface area contributed by atoms with E-state index < -0.39 is 0 Å². The van der Waals surface area contributed by atoms with Gasteiger partial charge in [0, 0.05) is 19.1 Å². The topological polar surface area (TPSA) is 44.8 Å². The number of esters is 1. The van der Waals surface area contributed by atoms with Crippen LogP contribution in [0.4, 0.5) is 0 Å². The normalized spacial score (nSPS) is 15.2. The molecule has 0 aliphatic rings. The van der Waals surface area contributed by atoms with Crippen molar-refractivity contribution in [1.29, 1.82) is 0 Å². The van der Waals surface area contributed by atoms with Crippen LogP contribution < -0.4 is 0 Å². The summed E-state index contributed by atoms with van der Waals surface area (Å²) >= 11 is 0. The molecule has 0 radical (unpaired) electrons. The van der Waals surface area contributed by atoms with Crippen LogP contribution in [-0.4, -0.2) is 32.6 Å². The number of hydrogen-bond donors (Lipinski definition) is 0. The van der Waals surface area contributed by atoms with E-state index in [1.165, 1.54) is 6.08 Å². The number of rotatable bonds is 7. The van der Waals surface area contributed by atoms with Crippen molar-refractivity contribution in [3.05, 3.63) is 12.2 Å². The average molecular weight is 216 g/mol. The molecular formula is C11H20O4. The molecule has 2 atom stereocenters. The molecule has 0 saturated heterocycles. The van der Waals surface area contributed by atoms with Gasteiger partial charge in [-0.05, 0) is 13.8 Å². The van der Waals surface area contributed by atoms with Gasteiger partial charge in [-0.1, -0.05) is 13.0 Å². The third-order valence-corrected chi connectivity index (χ3v) is 2.01. The maximum absolute atomic E-state index is 11.0. The number of carbonyl (C=O) groups excluding carboxylic acids is 1. The molecule has 0 bridgehead atoms. The van der Waals surface area contributed by atoms with Crippen LogP contribution in [0.15, 0.2) is 12.2 Å². The van der Waals surface area contributed by atoms with E-state index in [9.17, 15) is 4.79 Å². The van der Waals surface area contributed by atoms with Gasteiger partial charge in [0.2, 0.25) is 0 Å². The molecule has 0 N–H and O–H groups in total. The maximum Gasteiger partial charge on any atom is 0.330 e. The van der Waals surface area contributed by atoms with E-state index in [0.29, 0.717) is 6.61 Å². The van der Waals surface area contributed by atoms with Crippen LogP contribution in [0.2, 0.25) is 0 Å². The predicted octanol–water partition coefficient (Wildman–Crippen LogP) is 1.75. The molecule has 0 aromatic rings. The smallest absolute Gasteiger partial charge is 0.330 e. The Bertz CT molecular complexity index is 201. The van der Waals surface area contributed by atoms with E-state index in [1.807, 2.05) is 13.8 Å². The fourth-order valence-electron chi connectivity index (χ4n) is 0.904. The van der Waals surface area contributed by atoms with Gasteiger partial charge in [-0.2, -0.15) is 0 Å². The Morgan fingerprint density at radius 1 is 1.40 bits per heavy atom. The summed E-state index contributed by atoms with van der Waals surface area (Å²) in [6.45, 7) is 6.33. The minimum Gasteiger partial charge on any atom is -0.463 e. The maximum atomic E-state index is 11.0. The molecule has 4 nitrogen and oxygen atoms in total. The summed E-state index contributed by atoms with van der Waals surface area (Å²) < 4.78 is 14.9. The van der Waals surface area contributed by atoms with Gasteiger partial charge in [0.1, 0.15) is 6.79 Å². The van der Waals surface area contributed by atoms with Gasteiger partial charge in [-0.3, -0.25) is 0 Å². The summed E-state index contributed by atoms with van der Waals surface area (Å²) in [4.78, 5) is 11.0. The van der Waals surface area contributed by atoms with Crippen LogP contribution in [0.3, 0.4) is 0 Å². The molecule has 0 rings (SSSR count). The van der Waals surface area contributed by atoms with E-state index in [-0.39, 0.29) is 24.8 Å². The Labute approximate surface area is 91.2 Å². The highest BCUT2D eigenvalue weighted by atomic mass is 16.7. The minimum atomic E-state index is -0.316. The van der Waals surface area contributed by atoms with Crippen LogP contribution in [0.5, 0.6) is 0 Å². The van der Waals surface area contributed by atoms with Gasteiger partial charge >= 0.3 is 5.97 Å². The molecule has 0 heterocycles. The van der Waals surface area contributed by atoms with Crippen molar-refractivity contribution >= 4 is 5.97 Å².